The molecule has 1 aliphatic heterocycles. The SMILES string of the molecule is CCCCn1c(O)c(C(CC)=NCCN2CCN(C(C)=O)CC2)c(=O)[nH]c1=O. The lowest BCUT2D eigenvalue weighted by Crippen LogP contribution is -2.48. The molecule has 1 aliphatic rings. The van der Waals surface area contributed by atoms with E-state index in [1.807, 2.05) is 18.7 Å². The molecule has 0 radical (unpaired) electrons. The zero-order valence-electron chi connectivity index (χ0n) is 17.0. The summed E-state index contributed by atoms with van der Waals surface area (Å²) in [6.45, 7) is 9.99. The first-order chi connectivity index (χ1) is 13.4. The van der Waals surface area contributed by atoms with E-state index in [4.69, 9.17) is 0 Å². The molecule has 2 N–H and O–H groups in total. The standard InChI is InChI=1S/C19H31N5O4/c1-4-6-8-24-18(27)16(17(26)21-19(24)28)15(5-2)20-7-9-22-10-12-23(13-11-22)14(3)25/h27H,4-13H2,1-3H3,(H,21,26,28). The van der Waals surface area contributed by atoms with Crippen molar-refractivity contribution >= 4 is 11.6 Å². The third-order valence-electron chi connectivity index (χ3n) is 5.07. The summed E-state index contributed by atoms with van der Waals surface area (Å²) >= 11 is 0. The molecular formula is C19H31N5O4. The Morgan fingerprint density at radius 3 is 2.39 bits per heavy atom. The molecule has 9 heteroatoms. The van der Waals surface area contributed by atoms with Gasteiger partial charge in [0.1, 0.15) is 5.56 Å². The van der Waals surface area contributed by atoms with Gasteiger partial charge in [-0.25, -0.2) is 4.79 Å². The van der Waals surface area contributed by atoms with Crippen LogP contribution in [0.3, 0.4) is 0 Å². The zero-order chi connectivity index (χ0) is 20.7. The highest BCUT2D eigenvalue weighted by molar-refractivity contribution is 6.01. The minimum absolute atomic E-state index is 0.0830. The van der Waals surface area contributed by atoms with Crippen molar-refractivity contribution in [1.29, 1.82) is 0 Å². The molecule has 0 aliphatic carbocycles. The molecule has 2 heterocycles. The van der Waals surface area contributed by atoms with Gasteiger partial charge < -0.3 is 10.0 Å². The fraction of sp³-hybridized carbons (Fsp3) is 0.684. The van der Waals surface area contributed by atoms with Crippen molar-refractivity contribution in [3.63, 3.8) is 0 Å². The Bertz CT molecular complexity index is 819. The third-order valence-corrected chi connectivity index (χ3v) is 5.07. The van der Waals surface area contributed by atoms with E-state index < -0.39 is 11.2 Å². The van der Waals surface area contributed by atoms with Gasteiger partial charge in [0.2, 0.25) is 11.8 Å². The minimum Gasteiger partial charge on any atom is -0.494 e. The number of aliphatic imine (C=N–C) groups is 1. The predicted molar refractivity (Wildman–Crippen MR) is 108 cm³/mol. The van der Waals surface area contributed by atoms with Crippen LogP contribution in [0.4, 0.5) is 0 Å². The number of H-pyrrole nitrogens is 1. The fourth-order valence-corrected chi connectivity index (χ4v) is 3.32. The second-order valence-corrected chi connectivity index (χ2v) is 6.99. The number of nitrogens with zero attached hydrogens (tertiary/aromatic N) is 4. The summed E-state index contributed by atoms with van der Waals surface area (Å²) in [7, 11) is 0. The fourth-order valence-electron chi connectivity index (χ4n) is 3.32. The number of rotatable bonds is 8. The first-order valence-corrected chi connectivity index (χ1v) is 9.96. The van der Waals surface area contributed by atoms with Crippen LogP contribution < -0.4 is 11.2 Å². The first kappa shape index (κ1) is 21.9. The van der Waals surface area contributed by atoms with Gasteiger partial charge in [-0.3, -0.25) is 29.0 Å². The largest absolute Gasteiger partial charge is 0.494 e. The van der Waals surface area contributed by atoms with E-state index in [0.29, 0.717) is 44.9 Å². The van der Waals surface area contributed by atoms with E-state index in [2.05, 4.69) is 14.9 Å². The number of carbonyl (C=O) groups is 1. The van der Waals surface area contributed by atoms with Crippen molar-refractivity contribution in [3.8, 4) is 5.88 Å². The normalized spacial score (nSPS) is 15.8. The van der Waals surface area contributed by atoms with Crippen LogP contribution in [0, 0.1) is 0 Å². The summed E-state index contributed by atoms with van der Waals surface area (Å²) in [6, 6.07) is 0. The highest BCUT2D eigenvalue weighted by Gasteiger charge is 2.20. The number of nitrogens with one attached hydrogen (secondary N) is 1. The molecule has 1 fully saturated rings. The van der Waals surface area contributed by atoms with E-state index in [9.17, 15) is 19.5 Å². The zero-order valence-corrected chi connectivity index (χ0v) is 17.0. The first-order valence-electron chi connectivity index (χ1n) is 9.96. The number of aromatic amines is 1. The van der Waals surface area contributed by atoms with Crippen LogP contribution in [0.15, 0.2) is 14.6 Å². The Hall–Kier alpha value is -2.42. The Balaban J connectivity index is 2.11. The summed E-state index contributed by atoms with van der Waals surface area (Å²) in [6.07, 6.45) is 2.07. The van der Waals surface area contributed by atoms with Gasteiger partial charge in [-0.2, -0.15) is 0 Å². The molecule has 0 atom stereocenters. The number of piperazine rings is 1. The summed E-state index contributed by atoms with van der Waals surface area (Å²) < 4.78 is 1.20. The average molecular weight is 393 g/mol. The molecule has 1 aromatic rings. The molecule has 0 saturated carbocycles. The van der Waals surface area contributed by atoms with Gasteiger partial charge in [0.25, 0.3) is 5.56 Å². The van der Waals surface area contributed by atoms with Crippen molar-refractivity contribution < 1.29 is 9.90 Å². The number of hydrogen-bond acceptors (Lipinski definition) is 6. The maximum absolute atomic E-state index is 12.3. The van der Waals surface area contributed by atoms with Crippen LogP contribution in [0.2, 0.25) is 0 Å². The Morgan fingerprint density at radius 1 is 1.14 bits per heavy atom. The maximum Gasteiger partial charge on any atom is 0.331 e. The second-order valence-electron chi connectivity index (χ2n) is 6.99. The van der Waals surface area contributed by atoms with E-state index in [0.717, 1.165) is 25.9 Å². The maximum atomic E-state index is 12.3. The van der Waals surface area contributed by atoms with E-state index in [1.54, 1.807) is 6.92 Å². The van der Waals surface area contributed by atoms with Crippen LogP contribution in [0.1, 0.15) is 45.6 Å². The summed E-state index contributed by atoms with van der Waals surface area (Å²) in [5, 5.41) is 10.5. The van der Waals surface area contributed by atoms with Crippen molar-refractivity contribution in [2.75, 3.05) is 39.3 Å². The van der Waals surface area contributed by atoms with Gasteiger partial charge >= 0.3 is 5.69 Å². The van der Waals surface area contributed by atoms with Gasteiger partial charge in [0.05, 0.1) is 12.3 Å². The van der Waals surface area contributed by atoms with Crippen LogP contribution >= 0.6 is 0 Å². The topological polar surface area (TPSA) is 111 Å². The highest BCUT2D eigenvalue weighted by atomic mass is 16.3. The third kappa shape index (κ3) is 5.31. The number of unbranched alkanes of at least 4 members (excludes halogenated alkanes) is 1. The lowest BCUT2D eigenvalue weighted by molar-refractivity contribution is -0.130. The van der Waals surface area contributed by atoms with Crippen LogP contribution in [-0.2, 0) is 11.3 Å². The van der Waals surface area contributed by atoms with Crippen LogP contribution in [0.25, 0.3) is 0 Å². The number of aromatic hydroxyl groups is 1. The predicted octanol–water partition coefficient (Wildman–Crippen LogP) is 0.406. The number of amides is 1. The van der Waals surface area contributed by atoms with Crippen LogP contribution in [0.5, 0.6) is 5.88 Å². The average Bonchev–Trinajstić information content (AvgIpc) is 2.66. The number of hydrogen-bond donors (Lipinski definition) is 2. The van der Waals surface area contributed by atoms with Gasteiger partial charge in [0, 0.05) is 46.2 Å². The Morgan fingerprint density at radius 2 is 1.82 bits per heavy atom. The Kier molecular flexibility index (Phi) is 7.98. The van der Waals surface area contributed by atoms with Crippen molar-refractivity contribution in [1.82, 2.24) is 19.4 Å². The van der Waals surface area contributed by atoms with Gasteiger partial charge in [0.15, 0.2) is 0 Å². The van der Waals surface area contributed by atoms with Gasteiger partial charge in [-0.1, -0.05) is 20.3 Å². The van der Waals surface area contributed by atoms with Crippen LogP contribution in [-0.4, -0.2) is 75.3 Å². The molecule has 0 aromatic carbocycles. The molecule has 1 aromatic heterocycles. The lowest BCUT2D eigenvalue weighted by Gasteiger charge is -2.33. The lowest BCUT2D eigenvalue weighted by atomic mass is 10.1. The highest BCUT2D eigenvalue weighted by Crippen LogP contribution is 2.14. The molecule has 1 saturated heterocycles. The molecule has 0 bridgehead atoms. The molecule has 2 rings (SSSR count). The molecule has 9 nitrogen and oxygen atoms in total. The summed E-state index contributed by atoms with van der Waals surface area (Å²) in [5.41, 5.74) is -0.629. The van der Waals surface area contributed by atoms with Gasteiger partial charge in [-0.15, -0.1) is 0 Å². The summed E-state index contributed by atoms with van der Waals surface area (Å²) in [5.74, 6) is -0.211. The second kappa shape index (κ2) is 10.2. The molecule has 1 amide bonds. The van der Waals surface area contributed by atoms with E-state index in [1.165, 1.54) is 4.57 Å². The van der Waals surface area contributed by atoms with E-state index in [-0.39, 0.29) is 17.4 Å². The van der Waals surface area contributed by atoms with E-state index >= 15 is 0 Å². The monoisotopic (exact) mass is 393 g/mol. The van der Waals surface area contributed by atoms with Crippen molar-refractivity contribution in [2.45, 2.75) is 46.6 Å². The van der Waals surface area contributed by atoms with Crippen molar-refractivity contribution in [2.24, 2.45) is 4.99 Å². The number of carbonyl (C=O) groups excluding carboxylic acids is 1. The minimum atomic E-state index is -0.606. The molecule has 28 heavy (non-hydrogen) atoms. The van der Waals surface area contributed by atoms with Gasteiger partial charge in [-0.05, 0) is 12.8 Å². The summed E-state index contributed by atoms with van der Waals surface area (Å²) in [4.78, 5) is 46.6. The number of aromatic nitrogens is 2. The molecule has 156 valence electrons. The van der Waals surface area contributed by atoms with Crippen molar-refractivity contribution in [3.05, 3.63) is 26.4 Å². The molecular weight excluding hydrogens is 362 g/mol. The smallest absolute Gasteiger partial charge is 0.331 e. The molecule has 0 unspecified atom stereocenters. The quantitative estimate of drug-likeness (QED) is 0.621. The Labute approximate surface area is 164 Å². The molecule has 0 spiro atoms.